The lowest BCUT2D eigenvalue weighted by Gasteiger charge is -2.12. The van der Waals surface area contributed by atoms with Crippen molar-refractivity contribution >= 4 is 23.1 Å². The standard InChI is InChI=1S/C7H12N2S2/c1-5(8)6(2)11-7-9-3-4-10-7/h3-6H,8H2,1-2H3. The van der Waals surface area contributed by atoms with Gasteiger partial charge in [-0.15, -0.1) is 11.3 Å². The Morgan fingerprint density at radius 3 is 2.82 bits per heavy atom. The molecule has 0 aliphatic carbocycles. The third-order valence-electron chi connectivity index (χ3n) is 1.44. The van der Waals surface area contributed by atoms with E-state index in [0.717, 1.165) is 4.34 Å². The van der Waals surface area contributed by atoms with Gasteiger partial charge in [-0.2, -0.15) is 0 Å². The smallest absolute Gasteiger partial charge is 0.150 e. The Hall–Kier alpha value is -0.0600. The summed E-state index contributed by atoms with van der Waals surface area (Å²) in [5, 5.41) is 2.43. The molecule has 62 valence electrons. The second kappa shape index (κ2) is 4.09. The van der Waals surface area contributed by atoms with E-state index in [0.29, 0.717) is 5.25 Å². The van der Waals surface area contributed by atoms with Crippen LogP contribution in [0, 0.1) is 0 Å². The van der Waals surface area contributed by atoms with Gasteiger partial charge in [-0.05, 0) is 6.92 Å². The van der Waals surface area contributed by atoms with Gasteiger partial charge in [0, 0.05) is 22.9 Å². The molecule has 0 radical (unpaired) electrons. The second-order valence-electron chi connectivity index (χ2n) is 2.48. The molecule has 1 aromatic heterocycles. The van der Waals surface area contributed by atoms with Crippen molar-refractivity contribution in [3.63, 3.8) is 0 Å². The molecule has 1 rings (SSSR count). The fraction of sp³-hybridized carbons (Fsp3) is 0.571. The van der Waals surface area contributed by atoms with E-state index in [4.69, 9.17) is 5.73 Å². The summed E-state index contributed by atoms with van der Waals surface area (Å²) in [6, 6.07) is 0.226. The zero-order valence-corrected chi connectivity index (χ0v) is 8.28. The third kappa shape index (κ3) is 2.81. The van der Waals surface area contributed by atoms with Gasteiger partial charge in [-0.3, -0.25) is 0 Å². The lowest BCUT2D eigenvalue weighted by molar-refractivity contribution is 0.730. The summed E-state index contributed by atoms with van der Waals surface area (Å²) in [6.45, 7) is 4.14. The molecule has 0 bridgehead atoms. The number of hydrogen-bond donors (Lipinski definition) is 1. The first-order chi connectivity index (χ1) is 5.20. The first-order valence-corrected chi connectivity index (χ1v) is 5.28. The monoisotopic (exact) mass is 188 g/mol. The average molecular weight is 188 g/mol. The van der Waals surface area contributed by atoms with Crippen molar-refractivity contribution in [2.45, 2.75) is 29.5 Å². The van der Waals surface area contributed by atoms with Crippen molar-refractivity contribution in [3.05, 3.63) is 11.6 Å². The van der Waals surface area contributed by atoms with Crippen LogP contribution in [0.1, 0.15) is 13.8 Å². The van der Waals surface area contributed by atoms with Gasteiger partial charge < -0.3 is 5.73 Å². The maximum Gasteiger partial charge on any atom is 0.150 e. The maximum absolute atomic E-state index is 5.71. The van der Waals surface area contributed by atoms with E-state index < -0.39 is 0 Å². The topological polar surface area (TPSA) is 38.9 Å². The Bertz CT molecular complexity index is 196. The van der Waals surface area contributed by atoms with Crippen molar-refractivity contribution in [3.8, 4) is 0 Å². The van der Waals surface area contributed by atoms with E-state index in [1.807, 2.05) is 18.5 Å². The van der Waals surface area contributed by atoms with Crippen LogP contribution in [0.25, 0.3) is 0 Å². The SMILES string of the molecule is CC(N)C(C)Sc1nccs1. The predicted molar refractivity (Wildman–Crippen MR) is 51.1 cm³/mol. The molecule has 0 spiro atoms. The zero-order chi connectivity index (χ0) is 8.27. The largest absolute Gasteiger partial charge is 0.327 e. The summed E-state index contributed by atoms with van der Waals surface area (Å²) in [7, 11) is 0. The molecule has 1 heterocycles. The number of rotatable bonds is 3. The Labute approximate surface area is 75.2 Å². The summed E-state index contributed by atoms with van der Waals surface area (Å²) >= 11 is 3.41. The van der Waals surface area contributed by atoms with E-state index in [9.17, 15) is 0 Å². The number of thiazole rings is 1. The number of nitrogens with zero attached hydrogens (tertiary/aromatic N) is 1. The Balaban J connectivity index is 2.43. The minimum Gasteiger partial charge on any atom is -0.327 e. The van der Waals surface area contributed by atoms with Crippen LogP contribution in [0.15, 0.2) is 15.9 Å². The molecule has 2 atom stereocenters. The number of thioether (sulfide) groups is 1. The normalized spacial score (nSPS) is 16.3. The Kier molecular flexibility index (Phi) is 3.36. The quantitative estimate of drug-likeness (QED) is 0.737. The lowest BCUT2D eigenvalue weighted by Crippen LogP contribution is -2.26. The number of hydrogen-bond acceptors (Lipinski definition) is 4. The summed E-state index contributed by atoms with van der Waals surface area (Å²) in [4.78, 5) is 4.16. The molecule has 0 fully saturated rings. The van der Waals surface area contributed by atoms with Crippen LogP contribution < -0.4 is 5.73 Å². The summed E-state index contributed by atoms with van der Waals surface area (Å²) in [5.74, 6) is 0. The van der Waals surface area contributed by atoms with Crippen molar-refractivity contribution in [2.24, 2.45) is 5.73 Å². The Morgan fingerprint density at radius 2 is 2.36 bits per heavy atom. The highest BCUT2D eigenvalue weighted by Gasteiger charge is 2.09. The second-order valence-corrected chi connectivity index (χ2v) is 5.00. The fourth-order valence-corrected chi connectivity index (χ4v) is 2.39. The van der Waals surface area contributed by atoms with Crippen LogP contribution in [-0.4, -0.2) is 16.3 Å². The predicted octanol–water partition coefficient (Wildman–Crippen LogP) is 1.97. The van der Waals surface area contributed by atoms with Crippen molar-refractivity contribution in [1.82, 2.24) is 4.98 Å². The third-order valence-corrected chi connectivity index (χ3v) is 3.69. The minimum absolute atomic E-state index is 0.226. The molecule has 11 heavy (non-hydrogen) atoms. The first-order valence-electron chi connectivity index (χ1n) is 3.52. The molecule has 0 saturated carbocycles. The molecule has 2 unspecified atom stereocenters. The van der Waals surface area contributed by atoms with E-state index in [1.165, 1.54) is 0 Å². The van der Waals surface area contributed by atoms with Gasteiger partial charge in [0.05, 0.1) is 0 Å². The lowest BCUT2D eigenvalue weighted by atomic mass is 10.3. The summed E-state index contributed by atoms with van der Waals surface area (Å²) < 4.78 is 1.11. The van der Waals surface area contributed by atoms with Crippen molar-refractivity contribution < 1.29 is 0 Å². The van der Waals surface area contributed by atoms with Gasteiger partial charge in [0.1, 0.15) is 4.34 Å². The molecular formula is C7H12N2S2. The molecule has 2 N–H and O–H groups in total. The Morgan fingerprint density at radius 1 is 1.64 bits per heavy atom. The maximum atomic E-state index is 5.71. The van der Waals surface area contributed by atoms with Gasteiger partial charge in [0.15, 0.2) is 0 Å². The highest BCUT2D eigenvalue weighted by atomic mass is 32.2. The fourth-order valence-electron chi connectivity index (χ4n) is 0.535. The van der Waals surface area contributed by atoms with Crippen LogP contribution in [-0.2, 0) is 0 Å². The molecule has 1 aromatic rings. The van der Waals surface area contributed by atoms with E-state index >= 15 is 0 Å². The minimum atomic E-state index is 0.226. The summed E-state index contributed by atoms with van der Waals surface area (Å²) in [6.07, 6.45) is 1.82. The highest BCUT2D eigenvalue weighted by molar-refractivity contribution is 8.01. The van der Waals surface area contributed by atoms with Crippen LogP contribution >= 0.6 is 23.1 Å². The van der Waals surface area contributed by atoms with Crippen LogP contribution in [0.2, 0.25) is 0 Å². The van der Waals surface area contributed by atoms with Crippen molar-refractivity contribution in [2.75, 3.05) is 0 Å². The van der Waals surface area contributed by atoms with E-state index in [1.54, 1.807) is 23.1 Å². The van der Waals surface area contributed by atoms with Crippen molar-refractivity contribution in [1.29, 1.82) is 0 Å². The molecule has 0 aromatic carbocycles. The summed E-state index contributed by atoms with van der Waals surface area (Å²) in [5.41, 5.74) is 5.71. The van der Waals surface area contributed by atoms with Gasteiger partial charge in [-0.1, -0.05) is 18.7 Å². The van der Waals surface area contributed by atoms with Gasteiger partial charge in [-0.25, -0.2) is 4.98 Å². The molecular weight excluding hydrogens is 176 g/mol. The molecule has 0 aliphatic rings. The molecule has 0 saturated heterocycles. The van der Waals surface area contributed by atoms with Gasteiger partial charge >= 0.3 is 0 Å². The van der Waals surface area contributed by atoms with E-state index in [2.05, 4.69) is 11.9 Å². The molecule has 4 heteroatoms. The molecule has 0 amide bonds. The van der Waals surface area contributed by atoms with E-state index in [-0.39, 0.29) is 6.04 Å². The zero-order valence-electron chi connectivity index (χ0n) is 6.65. The van der Waals surface area contributed by atoms with Gasteiger partial charge in [0.2, 0.25) is 0 Å². The van der Waals surface area contributed by atoms with Crippen LogP contribution in [0.3, 0.4) is 0 Å². The average Bonchev–Trinajstić information content (AvgIpc) is 2.39. The first kappa shape index (κ1) is 9.03. The number of nitrogens with two attached hydrogens (primary N) is 1. The molecule has 0 aliphatic heterocycles. The highest BCUT2D eigenvalue weighted by Crippen LogP contribution is 2.25. The number of aromatic nitrogens is 1. The van der Waals surface area contributed by atoms with Gasteiger partial charge in [0.25, 0.3) is 0 Å². The van der Waals surface area contributed by atoms with Crippen LogP contribution in [0.4, 0.5) is 0 Å². The van der Waals surface area contributed by atoms with Crippen LogP contribution in [0.5, 0.6) is 0 Å². The molecule has 2 nitrogen and oxygen atoms in total.